The fourth-order valence-corrected chi connectivity index (χ4v) is 1.72. The first kappa shape index (κ1) is 10.7. The topological polar surface area (TPSA) is 24.5 Å². The molecule has 1 fully saturated rings. The molecule has 0 bridgehead atoms. The van der Waals surface area contributed by atoms with Gasteiger partial charge in [-0.15, -0.1) is 0 Å². The van der Waals surface area contributed by atoms with Gasteiger partial charge in [0.05, 0.1) is 12.7 Å². The summed E-state index contributed by atoms with van der Waals surface area (Å²) in [6.45, 7) is 7.75. The molecule has 0 amide bonds. The van der Waals surface area contributed by atoms with Crippen LogP contribution in [-0.4, -0.2) is 42.4 Å². The Bertz CT molecular complexity index is 175. The number of ether oxygens (including phenoxy) is 1. The van der Waals surface area contributed by atoms with E-state index >= 15 is 0 Å². The monoisotopic (exact) mass is 202 g/mol. The Labute approximate surface area is 85.4 Å². The van der Waals surface area contributed by atoms with E-state index in [9.17, 15) is 0 Å². The van der Waals surface area contributed by atoms with Crippen molar-refractivity contribution in [3.8, 4) is 0 Å². The van der Waals surface area contributed by atoms with Crippen molar-refractivity contribution >= 4 is 17.3 Å². The van der Waals surface area contributed by atoms with Crippen molar-refractivity contribution in [3.63, 3.8) is 0 Å². The van der Waals surface area contributed by atoms with Gasteiger partial charge < -0.3 is 15.0 Å². The Morgan fingerprint density at radius 1 is 1.62 bits per heavy atom. The zero-order valence-corrected chi connectivity index (χ0v) is 9.19. The van der Waals surface area contributed by atoms with Crippen LogP contribution in [0.2, 0.25) is 0 Å². The molecule has 4 heteroatoms. The van der Waals surface area contributed by atoms with Gasteiger partial charge in [0.2, 0.25) is 0 Å². The average Bonchev–Trinajstić information content (AvgIpc) is 2.18. The van der Waals surface area contributed by atoms with Gasteiger partial charge in [0.25, 0.3) is 0 Å². The highest BCUT2D eigenvalue weighted by molar-refractivity contribution is 7.80. The average molecular weight is 202 g/mol. The highest BCUT2D eigenvalue weighted by atomic mass is 32.1. The van der Waals surface area contributed by atoms with Gasteiger partial charge in [0.15, 0.2) is 5.11 Å². The maximum atomic E-state index is 5.56. The summed E-state index contributed by atoms with van der Waals surface area (Å²) in [4.78, 5) is 2.19. The molecule has 1 aliphatic rings. The summed E-state index contributed by atoms with van der Waals surface area (Å²) in [6, 6.07) is 0. The lowest BCUT2D eigenvalue weighted by Crippen LogP contribution is -2.49. The number of rotatable bonds is 2. The quantitative estimate of drug-likeness (QED) is 0.675. The van der Waals surface area contributed by atoms with Gasteiger partial charge in [0, 0.05) is 19.6 Å². The maximum absolute atomic E-state index is 5.56. The normalized spacial score (nSPS) is 22.9. The Morgan fingerprint density at radius 3 is 3.00 bits per heavy atom. The third kappa shape index (κ3) is 3.12. The molecule has 1 heterocycles. The second-order valence-corrected chi connectivity index (χ2v) is 3.57. The van der Waals surface area contributed by atoms with E-state index in [0.29, 0.717) is 6.10 Å². The van der Waals surface area contributed by atoms with Crippen LogP contribution in [0, 0.1) is 0 Å². The van der Waals surface area contributed by atoms with Gasteiger partial charge in [-0.3, -0.25) is 0 Å². The second-order valence-electron chi connectivity index (χ2n) is 3.18. The molecule has 0 radical (unpaired) electrons. The van der Waals surface area contributed by atoms with Crippen molar-refractivity contribution < 1.29 is 4.74 Å². The minimum atomic E-state index is 0.352. The summed E-state index contributed by atoms with van der Waals surface area (Å²) in [6.07, 6.45) is 1.41. The molecule has 0 spiro atoms. The number of morpholine rings is 1. The third-order valence-electron chi connectivity index (χ3n) is 2.21. The van der Waals surface area contributed by atoms with Crippen LogP contribution in [0.15, 0.2) is 0 Å². The van der Waals surface area contributed by atoms with Gasteiger partial charge in [-0.1, -0.05) is 6.92 Å². The van der Waals surface area contributed by atoms with Crippen LogP contribution in [0.1, 0.15) is 20.3 Å². The molecular formula is C9H18N2OS. The van der Waals surface area contributed by atoms with E-state index in [4.69, 9.17) is 17.0 Å². The minimum absolute atomic E-state index is 0.352. The Morgan fingerprint density at radius 2 is 2.38 bits per heavy atom. The summed E-state index contributed by atoms with van der Waals surface area (Å²) in [5.41, 5.74) is 0. The van der Waals surface area contributed by atoms with E-state index in [1.54, 1.807) is 0 Å². The van der Waals surface area contributed by atoms with Crippen LogP contribution >= 0.6 is 12.2 Å². The van der Waals surface area contributed by atoms with Crippen molar-refractivity contribution in [2.45, 2.75) is 26.4 Å². The minimum Gasteiger partial charge on any atom is -0.375 e. The van der Waals surface area contributed by atoms with Crippen molar-refractivity contribution in [3.05, 3.63) is 0 Å². The molecular weight excluding hydrogens is 184 g/mol. The predicted octanol–water partition coefficient (Wildman–Crippen LogP) is 0.992. The maximum Gasteiger partial charge on any atom is 0.169 e. The van der Waals surface area contributed by atoms with Crippen LogP contribution in [0.4, 0.5) is 0 Å². The summed E-state index contributed by atoms with van der Waals surface area (Å²) in [5, 5.41) is 4.03. The van der Waals surface area contributed by atoms with Gasteiger partial charge in [0.1, 0.15) is 0 Å². The first-order chi connectivity index (χ1) is 6.27. The molecule has 76 valence electrons. The zero-order chi connectivity index (χ0) is 9.68. The van der Waals surface area contributed by atoms with E-state index in [1.165, 1.54) is 0 Å². The number of hydrogen-bond donors (Lipinski definition) is 1. The number of nitrogens with one attached hydrogen (secondary N) is 1. The van der Waals surface area contributed by atoms with Gasteiger partial charge in [-0.2, -0.15) is 0 Å². The third-order valence-corrected chi connectivity index (χ3v) is 2.61. The van der Waals surface area contributed by atoms with Crippen molar-refractivity contribution in [2.75, 3.05) is 26.2 Å². The molecule has 1 aliphatic heterocycles. The Hall–Kier alpha value is -0.350. The zero-order valence-electron chi connectivity index (χ0n) is 8.38. The fraction of sp³-hybridized carbons (Fsp3) is 0.889. The molecule has 0 aromatic carbocycles. The summed E-state index contributed by atoms with van der Waals surface area (Å²) < 4.78 is 5.56. The molecule has 0 saturated carbocycles. The molecule has 0 aliphatic carbocycles. The second kappa shape index (κ2) is 5.40. The van der Waals surface area contributed by atoms with Gasteiger partial charge in [-0.25, -0.2) is 0 Å². The molecule has 13 heavy (non-hydrogen) atoms. The van der Waals surface area contributed by atoms with E-state index in [0.717, 1.165) is 37.8 Å². The van der Waals surface area contributed by atoms with Crippen molar-refractivity contribution in [1.29, 1.82) is 0 Å². The van der Waals surface area contributed by atoms with Crippen LogP contribution in [0.3, 0.4) is 0 Å². The fourth-order valence-electron chi connectivity index (χ4n) is 1.41. The van der Waals surface area contributed by atoms with E-state index in [2.05, 4.69) is 24.1 Å². The predicted molar refractivity (Wildman–Crippen MR) is 57.9 cm³/mol. The van der Waals surface area contributed by atoms with Gasteiger partial charge >= 0.3 is 0 Å². The van der Waals surface area contributed by atoms with Crippen molar-refractivity contribution in [2.24, 2.45) is 0 Å². The van der Waals surface area contributed by atoms with Crippen molar-refractivity contribution in [1.82, 2.24) is 10.2 Å². The number of nitrogens with zero attached hydrogens (tertiary/aromatic N) is 1. The SMILES string of the molecule is CCNC(=S)N1CCOC(CC)C1. The molecule has 0 aromatic heterocycles. The number of thiocarbonyl (C=S) groups is 1. The molecule has 1 saturated heterocycles. The number of hydrogen-bond acceptors (Lipinski definition) is 2. The van der Waals surface area contributed by atoms with E-state index in [1.807, 2.05) is 0 Å². The largest absolute Gasteiger partial charge is 0.375 e. The standard InChI is InChI=1S/C9H18N2OS/c1-3-8-7-11(5-6-12-8)9(13)10-4-2/h8H,3-7H2,1-2H3,(H,10,13). The van der Waals surface area contributed by atoms with Crippen LogP contribution < -0.4 is 5.32 Å². The van der Waals surface area contributed by atoms with Crippen LogP contribution in [-0.2, 0) is 4.74 Å². The molecule has 1 unspecified atom stereocenters. The van der Waals surface area contributed by atoms with Crippen LogP contribution in [0.5, 0.6) is 0 Å². The molecule has 1 rings (SSSR count). The molecule has 0 aromatic rings. The lowest BCUT2D eigenvalue weighted by molar-refractivity contribution is -0.00717. The highest BCUT2D eigenvalue weighted by Crippen LogP contribution is 2.07. The molecule has 1 N–H and O–H groups in total. The Balaban J connectivity index is 2.37. The highest BCUT2D eigenvalue weighted by Gasteiger charge is 2.20. The van der Waals surface area contributed by atoms with Gasteiger partial charge in [-0.05, 0) is 25.6 Å². The summed E-state index contributed by atoms with van der Waals surface area (Å²) >= 11 is 5.23. The first-order valence-corrected chi connectivity index (χ1v) is 5.33. The summed E-state index contributed by atoms with van der Waals surface area (Å²) in [7, 11) is 0. The summed E-state index contributed by atoms with van der Waals surface area (Å²) in [5.74, 6) is 0. The molecule has 1 atom stereocenters. The lowest BCUT2D eigenvalue weighted by Gasteiger charge is -2.34. The van der Waals surface area contributed by atoms with Crippen LogP contribution in [0.25, 0.3) is 0 Å². The van der Waals surface area contributed by atoms with E-state index < -0.39 is 0 Å². The lowest BCUT2D eigenvalue weighted by atomic mass is 10.2. The molecule has 3 nitrogen and oxygen atoms in total. The first-order valence-electron chi connectivity index (χ1n) is 4.92. The smallest absolute Gasteiger partial charge is 0.169 e. The van der Waals surface area contributed by atoms with E-state index in [-0.39, 0.29) is 0 Å². The Kier molecular flexibility index (Phi) is 4.45.